The normalized spacial score (nSPS) is 16.0. The fourth-order valence-corrected chi connectivity index (χ4v) is 4.33. The third kappa shape index (κ3) is 4.16. The average Bonchev–Trinajstić information content (AvgIpc) is 3.35. The van der Waals surface area contributed by atoms with Crippen LogP contribution in [-0.4, -0.2) is 35.8 Å². The molecule has 30 heavy (non-hydrogen) atoms. The van der Waals surface area contributed by atoms with E-state index in [1.807, 2.05) is 43.3 Å². The van der Waals surface area contributed by atoms with Crippen LogP contribution in [-0.2, 0) is 14.3 Å². The summed E-state index contributed by atoms with van der Waals surface area (Å²) in [7, 11) is 0. The van der Waals surface area contributed by atoms with Gasteiger partial charge >= 0.3 is 5.97 Å². The molecule has 0 bridgehead atoms. The van der Waals surface area contributed by atoms with Crippen LogP contribution in [0.2, 0.25) is 0 Å². The zero-order valence-electron chi connectivity index (χ0n) is 16.4. The molecule has 0 N–H and O–H groups in total. The monoisotopic (exact) mass is 420 g/mol. The zero-order chi connectivity index (χ0) is 21.1. The number of amides is 1. The van der Waals surface area contributed by atoms with Crippen molar-refractivity contribution in [2.45, 2.75) is 13.3 Å². The lowest BCUT2D eigenvalue weighted by Crippen LogP contribution is -2.27. The van der Waals surface area contributed by atoms with Crippen LogP contribution in [0, 0.1) is 12.8 Å². The number of hydrogen-bond acceptors (Lipinski definition) is 6. The Hall–Kier alpha value is -3.32. The maximum absolute atomic E-state index is 12.5. The number of hydrogen-bond donors (Lipinski definition) is 0. The van der Waals surface area contributed by atoms with E-state index in [1.54, 1.807) is 24.3 Å². The SMILES string of the molecule is Cc1sc(N2CC(C(=O)OCC(=O)c3ccccc3)CC2=O)nc1-c1ccccc1. The Bertz CT molecular complexity index is 1080. The van der Waals surface area contributed by atoms with Gasteiger partial charge in [0.1, 0.15) is 0 Å². The maximum Gasteiger partial charge on any atom is 0.311 e. The van der Waals surface area contributed by atoms with Gasteiger partial charge in [-0.25, -0.2) is 4.98 Å². The van der Waals surface area contributed by atoms with Crippen LogP contribution in [0.4, 0.5) is 5.13 Å². The molecule has 7 heteroatoms. The van der Waals surface area contributed by atoms with Crippen LogP contribution in [0.5, 0.6) is 0 Å². The summed E-state index contributed by atoms with van der Waals surface area (Å²) in [6.45, 7) is 1.84. The third-order valence-corrected chi connectivity index (χ3v) is 5.96. The summed E-state index contributed by atoms with van der Waals surface area (Å²) in [5, 5.41) is 0.576. The van der Waals surface area contributed by atoms with Crippen molar-refractivity contribution in [2.24, 2.45) is 5.92 Å². The standard InChI is InChI=1S/C23H20N2O4S/c1-15-21(17-10-6-3-7-11-17)24-23(30-15)25-13-18(12-20(25)27)22(28)29-14-19(26)16-8-4-2-5-9-16/h2-11,18H,12-14H2,1H3. The van der Waals surface area contributed by atoms with Crippen molar-refractivity contribution in [1.29, 1.82) is 0 Å². The molecule has 2 aromatic carbocycles. The van der Waals surface area contributed by atoms with E-state index in [0.29, 0.717) is 10.7 Å². The summed E-state index contributed by atoms with van der Waals surface area (Å²) in [6, 6.07) is 18.4. The molecule has 1 atom stereocenters. The summed E-state index contributed by atoms with van der Waals surface area (Å²) >= 11 is 1.43. The first-order chi connectivity index (χ1) is 14.5. The Morgan fingerprint density at radius 2 is 1.77 bits per heavy atom. The van der Waals surface area contributed by atoms with E-state index in [2.05, 4.69) is 4.98 Å². The summed E-state index contributed by atoms with van der Waals surface area (Å²) in [5.74, 6) is -1.58. The van der Waals surface area contributed by atoms with Crippen LogP contribution < -0.4 is 4.90 Å². The largest absolute Gasteiger partial charge is 0.457 e. The second kappa shape index (κ2) is 8.59. The first-order valence-electron chi connectivity index (χ1n) is 9.61. The minimum Gasteiger partial charge on any atom is -0.457 e. The van der Waals surface area contributed by atoms with Gasteiger partial charge in [-0.15, -0.1) is 11.3 Å². The maximum atomic E-state index is 12.5. The molecular formula is C23H20N2O4S. The van der Waals surface area contributed by atoms with Gasteiger partial charge in [-0.2, -0.15) is 0 Å². The number of esters is 1. The molecule has 6 nitrogen and oxygen atoms in total. The molecule has 1 amide bonds. The molecule has 1 aromatic heterocycles. The van der Waals surface area contributed by atoms with Crippen molar-refractivity contribution in [3.05, 3.63) is 71.1 Å². The fourth-order valence-electron chi connectivity index (χ4n) is 3.37. The van der Waals surface area contributed by atoms with Crippen molar-refractivity contribution < 1.29 is 19.1 Å². The van der Waals surface area contributed by atoms with E-state index in [9.17, 15) is 14.4 Å². The number of nitrogens with zero attached hydrogens (tertiary/aromatic N) is 2. The van der Waals surface area contributed by atoms with E-state index in [0.717, 1.165) is 16.1 Å². The summed E-state index contributed by atoms with van der Waals surface area (Å²) in [4.78, 5) is 44.3. The molecule has 4 rings (SSSR count). The molecule has 152 valence electrons. The highest BCUT2D eigenvalue weighted by atomic mass is 32.1. The predicted molar refractivity (Wildman–Crippen MR) is 114 cm³/mol. The van der Waals surface area contributed by atoms with Gasteiger partial charge in [0.25, 0.3) is 0 Å². The van der Waals surface area contributed by atoms with Gasteiger partial charge in [0.2, 0.25) is 5.91 Å². The van der Waals surface area contributed by atoms with E-state index < -0.39 is 11.9 Å². The molecule has 0 spiro atoms. The Labute approximate surface area is 178 Å². The van der Waals surface area contributed by atoms with E-state index in [-0.39, 0.29) is 31.3 Å². The smallest absolute Gasteiger partial charge is 0.311 e. The number of anilines is 1. The minimum atomic E-state index is -0.606. The van der Waals surface area contributed by atoms with Gasteiger partial charge in [0.15, 0.2) is 17.5 Å². The molecule has 3 aromatic rings. The van der Waals surface area contributed by atoms with Crippen molar-refractivity contribution in [2.75, 3.05) is 18.1 Å². The van der Waals surface area contributed by atoms with Gasteiger partial charge in [-0.3, -0.25) is 19.3 Å². The Morgan fingerprint density at radius 3 is 2.47 bits per heavy atom. The Kier molecular flexibility index (Phi) is 5.72. The van der Waals surface area contributed by atoms with Crippen LogP contribution in [0.3, 0.4) is 0 Å². The Morgan fingerprint density at radius 1 is 1.10 bits per heavy atom. The molecule has 2 heterocycles. The van der Waals surface area contributed by atoms with Crippen LogP contribution in [0.15, 0.2) is 60.7 Å². The topological polar surface area (TPSA) is 76.6 Å². The van der Waals surface area contributed by atoms with Crippen LogP contribution in [0.1, 0.15) is 21.7 Å². The molecule has 1 unspecified atom stereocenters. The minimum absolute atomic E-state index is 0.0532. The lowest BCUT2D eigenvalue weighted by atomic mass is 10.1. The highest BCUT2D eigenvalue weighted by Crippen LogP contribution is 2.35. The van der Waals surface area contributed by atoms with Crippen LogP contribution >= 0.6 is 11.3 Å². The predicted octanol–water partition coefficient (Wildman–Crippen LogP) is 3.90. The molecule has 0 saturated carbocycles. The van der Waals surface area contributed by atoms with E-state index in [4.69, 9.17) is 4.74 Å². The van der Waals surface area contributed by atoms with Gasteiger partial charge in [0.05, 0.1) is 11.6 Å². The summed E-state index contributed by atoms with van der Waals surface area (Å²) in [5.41, 5.74) is 2.31. The van der Waals surface area contributed by atoms with Crippen molar-refractivity contribution in [3.63, 3.8) is 0 Å². The second-order valence-corrected chi connectivity index (χ2v) is 8.25. The number of aromatic nitrogens is 1. The third-order valence-electron chi connectivity index (χ3n) is 4.96. The van der Waals surface area contributed by atoms with E-state index >= 15 is 0 Å². The lowest BCUT2D eigenvalue weighted by Gasteiger charge is -2.12. The van der Waals surface area contributed by atoms with Gasteiger partial charge in [-0.05, 0) is 6.92 Å². The molecule has 0 radical (unpaired) electrons. The average molecular weight is 420 g/mol. The Balaban J connectivity index is 1.41. The first-order valence-corrected chi connectivity index (χ1v) is 10.4. The highest BCUT2D eigenvalue weighted by Gasteiger charge is 2.38. The summed E-state index contributed by atoms with van der Waals surface area (Å²) in [6.07, 6.45) is 0.0532. The highest BCUT2D eigenvalue weighted by molar-refractivity contribution is 7.16. The number of thiazole rings is 1. The number of aryl methyl sites for hydroxylation is 1. The van der Waals surface area contributed by atoms with Crippen molar-refractivity contribution in [1.82, 2.24) is 4.98 Å². The van der Waals surface area contributed by atoms with E-state index in [1.165, 1.54) is 16.2 Å². The molecule has 1 fully saturated rings. The number of ketones is 1. The lowest BCUT2D eigenvalue weighted by molar-refractivity contribution is -0.147. The van der Waals surface area contributed by atoms with Crippen LogP contribution in [0.25, 0.3) is 11.3 Å². The first kappa shape index (κ1) is 20.0. The number of Topliss-reactive ketones (excluding diaryl/α,β-unsaturated/α-hetero) is 1. The fraction of sp³-hybridized carbons (Fsp3) is 0.217. The second-order valence-electron chi connectivity index (χ2n) is 7.07. The number of rotatable bonds is 6. The number of benzene rings is 2. The van der Waals surface area contributed by atoms with Crippen molar-refractivity contribution >= 4 is 34.1 Å². The zero-order valence-corrected chi connectivity index (χ0v) is 17.2. The molecule has 1 saturated heterocycles. The number of ether oxygens (including phenoxy) is 1. The molecule has 1 aliphatic rings. The van der Waals surface area contributed by atoms with Gasteiger partial charge in [-0.1, -0.05) is 60.7 Å². The van der Waals surface area contributed by atoms with Gasteiger partial charge < -0.3 is 4.74 Å². The summed E-state index contributed by atoms with van der Waals surface area (Å²) < 4.78 is 5.19. The molecule has 1 aliphatic heterocycles. The number of carbonyl (C=O) groups is 3. The molecule has 0 aliphatic carbocycles. The molecular weight excluding hydrogens is 400 g/mol. The quantitative estimate of drug-likeness (QED) is 0.447. The van der Waals surface area contributed by atoms with Gasteiger partial charge in [0, 0.05) is 29.0 Å². The number of carbonyl (C=O) groups excluding carboxylic acids is 3. The van der Waals surface area contributed by atoms with Crippen molar-refractivity contribution in [3.8, 4) is 11.3 Å².